The lowest BCUT2D eigenvalue weighted by Crippen LogP contribution is -2.16. The van der Waals surface area contributed by atoms with Gasteiger partial charge in [-0.2, -0.15) is 4.98 Å². The number of oxazole rings is 1. The summed E-state index contributed by atoms with van der Waals surface area (Å²) in [5, 5.41) is 4.60. The van der Waals surface area contributed by atoms with Gasteiger partial charge in [0, 0.05) is 12.6 Å². The normalized spacial score (nSPS) is 13.3. The zero-order chi connectivity index (χ0) is 18.9. The smallest absolute Gasteiger partial charge is 0.240 e. The Morgan fingerprint density at radius 3 is 2.78 bits per heavy atom. The number of benzene rings is 1. The van der Waals surface area contributed by atoms with Crippen LogP contribution in [0.3, 0.4) is 0 Å². The second-order valence-corrected chi connectivity index (χ2v) is 8.42. The van der Waals surface area contributed by atoms with E-state index in [1.807, 2.05) is 17.5 Å². The van der Waals surface area contributed by atoms with Crippen molar-refractivity contribution in [1.82, 2.24) is 4.98 Å². The van der Waals surface area contributed by atoms with Gasteiger partial charge in [0.05, 0.1) is 9.77 Å². The van der Waals surface area contributed by atoms with E-state index in [1.165, 1.54) is 23.5 Å². The number of nitrogens with one attached hydrogen (secondary N) is 1. The Balaban J connectivity index is 1.79. The van der Waals surface area contributed by atoms with E-state index < -0.39 is 9.84 Å². The first kappa shape index (κ1) is 17.6. The van der Waals surface area contributed by atoms with Crippen molar-refractivity contribution in [3.8, 4) is 22.3 Å². The average Bonchev–Trinajstić information content (AvgIpc) is 3.35. The molecule has 27 heavy (non-hydrogen) atoms. The average molecular weight is 404 g/mol. The van der Waals surface area contributed by atoms with Gasteiger partial charge in [0.2, 0.25) is 26.6 Å². The van der Waals surface area contributed by atoms with E-state index in [2.05, 4.69) is 16.9 Å². The molecule has 9 heteroatoms. The van der Waals surface area contributed by atoms with Crippen molar-refractivity contribution in [3.63, 3.8) is 0 Å². The molecule has 1 aromatic carbocycles. The molecular weight excluding hydrogens is 388 g/mol. The predicted octanol–water partition coefficient (Wildman–Crippen LogP) is 3.61. The van der Waals surface area contributed by atoms with Gasteiger partial charge in [0.1, 0.15) is 13.2 Å². The minimum absolute atomic E-state index is 0.0550. The van der Waals surface area contributed by atoms with Crippen LogP contribution in [0.15, 0.2) is 62.7 Å². The van der Waals surface area contributed by atoms with Crippen molar-refractivity contribution < 1.29 is 22.3 Å². The van der Waals surface area contributed by atoms with Gasteiger partial charge < -0.3 is 19.2 Å². The first-order valence-corrected chi connectivity index (χ1v) is 10.5. The van der Waals surface area contributed by atoms with Crippen molar-refractivity contribution in [1.29, 1.82) is 0 Å². The Labute approximate surface area is 160 Å². The standard InChI is InChI=1S/C18H16N2O5S2/c1-2-7-19-17-18(20-16(25-17)15-4-3-10-26-15)27(21,22)12-5-6-13-14(11-12)24-9-8-23-13/h2-6,10-11,19H,1,7-9H2. The summed E-state index contributed by atoms with van der Waals surface area (Å²) < 4.78 is 43.0. The molecule has 0 unspecified atom stereocenters. The molecule has 0 radical (unpaired) electrons. The fourth-order valence-electron chi connectivity index (χ4n) is 2.57. The number of ether oxygens (including phenoxy) is 2. The highest BCUT2D eigenvalue weighted by Gasteiger charge is 2.30. The highest BCUT2D eigenvalue weighted by atomic mass is 32.2. The summed E-state index contributed by atoms with van der Waals surface area (Å²) in [6, 6.07) is 8.16. The topological polar surface area (TPSA) is 90.7 Å². The van der Waals surface area contributed by atoms with Crippen molar-refractivity contribution in [2.24, 2.45) is 0 Å². The highest BCUT2D eigenvalue weighted by Crippen LogP contribution is 2.37. The Hall–Kier alpha value is -2.78. The van der Waals surface area contributed by atoms with Crippen LogP contribution in [0.4, 0.5) is 5.88 Å². The van der Waals surface area contributed by atoms with E-state index >= 15 is 0 Å². The maximum atomic E-state index is 13.2. The Kier molecular flexibility index (Phi) is 4.63. The molecule has 3 heterocycles. The molecule has 0 saturated heterocycles. The van der Waals surface area contributed by atoms with Crippen molar-refractivity contribution in [3.05, 3.63) is 48.4 Å². The molecule has 0 spiro atoms. The van der Waals surface area contributed by atoms with Crippen LogP contribution < -0.4 is 14.8 Å². The number of aromatic nitrogens is 1. The quantitative estimate of drug-likeness (QED) is 0.628. The maximum absolute atomic E-state index is 13.2. The third-order valence-electron chi connectivity index (χ3n) is 3.81. The summed E-state index contributed by atoms with van der Waals surface area (Å²) in [4.78, 5) is 5.04. The molecule has 0 bridgehead atoms. The number of rotatable bonds is 6. The van der Waals surface area contributed by atoms with E-state index in [-0.39, 0.29) is 21.7 Å². The number of anilines is 1. The predicted molar refractivity (Wildman–Crippen MR) is 101 cm³/mol. The minimum Gasteiger partial charge on any atom is -0.486 e. The monoisotopic (exact) mass is 404 g/mol. The van der Waals surface area contributed by atoms with E-state index in [9.17, 15) is 8.42 Å². The number of hydrogen-bond donors (Lipinski definition) is 1. The molecular formula is C18H16N2O5S2. The van der Waals surface area contributed by atoms with Crippen LogP contribution in [0.25, 0.3) is 10.8 Å². The SMILES string of the molecule is C=CCNc1oc(-c2cccs2)nc1S(=O)(=O)c1ccc2c(c1)OCCO2. The molecule has 1 aliphatic heterocycles. The van der Waals surface area contributed by atoms with Gasteiger partial charge in [0.25, 0.3) is 0 Å². The van der Waals surface area contributed by atoms with Gasteiger partial charge in [-0.25, -0.2) is 8.42 Å². The molecule has 4 rings (SSSR count). The Morgan fingerprint density at radius 1 is 1.22 bits per heavy atom. The van der Waals surface area contributed by atoms with Gasteiger partial charge >= 0.3 is 0 Å². The van der Waals surface area contributed by atoms with Gasteiger partial charge in [-0.15, -0.1) is 17.9 Å². The molecule has 3 aromatic rings. The van der Waals surface area contributed by atoms with Crippen LogP contribution in [0.5, 0.6) is 11.5 Å². The lowest BCUT2D eigenvalue weighted by molar-refractivity contribution is 0.171. The fourth-order valence-corrected chi connectivity index (χ4v) is 4.52. The zero-order valence-electron chi connectivity index (χ0n) is 14.2. The summed E-state index contributed by atoms with van der Waals surface area (Å²) in [5.74, 6) is 1.23. The molecule has 0 aliphatic carbocycles. The Bertz CT molecular complexity index is 1070. The van der Waals surface area contributed by atoms with Crippen LogP contribution in [0, 0.1) is 0 Å². The third-order valence-corrected chi connectivity index (χ3v) is 6.33. The van der Waals surface area contributed by atoms with Gasteiger partial charge in [-0.3, -0.25) is 0 Å². The molecule has 0 saturated carbocycles. The van der Waals surface area contributed by atoms with E-state index in [4.69, 9.17) is 13.9 Å². The second kappa shape index (κ2) is 7.09. The van der Waals surface area contributed by atoms with E-state index in [0.717, 1.165) is 4.88 Å². The molecule has 0 fully saturated rings. The molecule has 0 atom stereocenters. The van der Waals surface area contributed by atoms with Gasteiger partial charge in [-0.1, -0.05) is 12.1 Å². The first-order chi connectivity index (χ1) is 13.1. The zero-order valence-corrected chi connectivity index (χ0v) is 15.8. The largest absolute Gasteiger partial charge is 0.486 e. The van der Waals surface area contributed by atoms with Crippen LogP contribution >= 0.6 is 11.3 Å². The van der Waals surface area contributed by atoms with Crippen LogP contribution in [0.2, 0.25) is 0 Å². The third kappa shape index (κ3) is 3.31. The number of nitrogens with zero attached hydrogens (tertiary/aromatic N) is 1. The molecule has 2 aromatic heterocycles. The molecule has 140 valence electrons. The van der Waals surface area contributed by atoms with Gasteiger partial charge in [-0.05, 0) is 23.6 Å². The second-order valence-electron chi connectivity index (χ2n) is 5.61. The van der Waals surface area contributed by atoms with Crippen LogP contribution in [-0.4, -0.2) is 33.2 Å². The lowest BCUT2D eigenvalue weighted by atomic mass is 10.3. The highest BCUT2D eigenvalue weighted by molar-refractivity contribution is 7.91. The summed E-state index contributed by atoms with van der Waals surface area (Å²) >= 11 is 1.41. The summed E-state index contributed by atoms with van der Waals surface area (Å²) in [6.07, 6.45) is 1.60. The molecule has 1 N–H and O–H groups in total. The van der Waals surface area contributed by atoms with Crippen LogP contribution in [0.1, 0.15) is 0 Å². The summed E-state index contributed by atoms with van der Waals surface area (Å²) in [5.41, 5.74) is 0. The number of sulfone groups is 1. The first-order valence-electron chi connectivity index (χ1n) is 8.14. The minimum atomic E-state index is -3.94. The molecule has 0 amide bonds. The summed E-state index contributed by atoms with van der Waals surface area (Å²) in [7, 11) is -3.94. The van der Waals surface area contributed by atoms with Crippen molar-refractivity contribution in [2.45, 2.75) is 9.92 Å². The van der Waals surface area contributed by atoms with Gasteiger partial charge in [0.15, 0.2) is 11.5 Å². The lowest BCUT2D eigenvalue weighted by Gasteiger charge is -2.18. The van der Waals surface area contributed by atoms with E-state index in [1.54, 1.807) is 12.1 Å². The maximum Gasteiger partial charge on any atom is 0.240 e. The number of fused-ring (bicyclic) bond motifs is 1. The van der Waals surface area contributed by atoms with Crippen molar-refractivity contribution >= 4 is 27.1 Å². The summed E-state index contributed by atoms with van der Waals surface area (Å²) in [6.45, 7) is 4.77. The van der Waals surface area contributed by atoms with Crippen molar-refractivity contribution in [2.75, 3.05) is 25.1 Å². The molecule has 7 nitrogen and oxygen atoms in total. The Morgan fingerprint density at radius 2 is 2.04 bits per heavy atom. The fraction of sp³-hybridized carbons (Fsp3) is 0.167. The van der Waals surface area contributed by atoms with E-state index in [0.29, 0.717) is 31.3 Å². The number of hydrogen-bond acceptors (Lipinski definition) is 8. The van der Waals surface area contributed by atoms with Crippen LogP contribution in [-0.2, 0) is 9.84 Å². The molecule has 1 aliphatic rings. The number of thiophene rings is 1.